The van der Waals surface area contributed by atoms with E-state index < -0.39 is 6.67 Å². The van der Waals surface area contributed by atoms with Gasteiger partial charge in [0.25, 0.3) is 0 Å². The molecule has 0 spiro atoms. The molecule has 17 heavy (non-hydrogen) atoms. The Morgan fingerprint density at radius 1 is 1.59 bits per heavy atom. The zero-order valence-electron chi connectivity index (χ0n) is 9.42. The van der Waals surface area contributed by atoms with Crippen molar-refractivity contribution in [2.24, 2.45) is 0 Å². The zero-order chi connectivity index (χ0) is 12.7. The molecule has 0 aliphatic heterocycles. The Morgan fingerprint density at radius 2 is 2.35 bits per heavy atom. The number of halogens is 1. The molecule has 90 valence electrons. The molecule has 1 rings (SSSR count). The predicted molar refractivity (Wildman–Crippen MR) is 69.7 cm³/mol. The quantitative estimate of drug-likeness (QED) is 0.472. The highest BCUT2D eigenvalue weighted by atomic mass is 32.1. The Labute approximate surface area is 105 Å². The zero-order valence-corrected chi connectivity index (χ0v) is 10.2. The van der Waals surface area contributed by atoms with Gasteiger partial charge >= 0.3 is 0 Å². The molecule has 0 unspecified atom stereocenters. The Hall–Kier alpha value is -1.64. The molecule has 0 aliphatic carbocycles. The number of thiocarbonyl (C=S) groups is 1. The van der Waals surface area contributed by atoms with Gasteiger partial charge in [0.05, 0.1) is 5.56 Å². The highest BCUT2D eigenvalue weighted by molar-refractivity contribution is 7.80. The minimum Gasteiger partial charge on any atom is -0.490 e. The Balaban J connectivity index is 2.93. The van der Waals surface area contributed by atoms with Crippen molar-refractivity contribution < 1.29 is 9.13 Å². The van der Waals surface area contributed by atoms with Crippen molar-refractivity contribution in [1.82, 2.24) is 10.9 Å². The van der Waals surface area contributed by atoms with E-state index >= 15 is 0 Å². The molecular formula is C12H13FN2OS. The van der Waals surface area contributed by atoms with E-state index in [4.69, 9.17) is 23.4 Å². The first-order valence-corrected chi connectivity index (χ1v) is 5.40. The minimum absolute atomic E-state index is 0.00671. The summed E-state index contributed by atoms with van der Waals surface area (Å²) in [5, 5.41) is 0. The van der Waals surface area contributed by atoms with Crippen LogP contribution in [0.3, 0.4) is 0 Å². The van der Waals surface area contributed by atoms with E-state index in [1.807, 2.05) is 0 Å². The molecule has 0 radical (unpaired) electrons. The van der Waals surface area contributed by atoms with Crippen molar-refractivity contribution >= 4 is 17.2 Å². The molecule has 0 bridgehead atoms. The van der Waals surface area contributed by atoms with E-state index in [-0.39, 0.29) is 6.61 Å². The molecule has 0 saturated carbocycles. The SMILES string of the molecule is C#Cc1cc(C(=S)NNC)ccc1OCCF. The Morgan fingerprint density at radius 3 is 2.94 bits per heavy atom. The van der Waals surface area contributed by atoms with Gasteiger partial charge in [-0.25, -0.2) is 9.82 Å². The van der Waals surface area contributed by atoms with Crippen molar-refractivity contribution in [2.45, 2.75) is 0 Å². The second-order valence-corrected chi connectivity index (χ2v) is 3.51. The average molecular weight is 252 g/mol. The first-order chi connectivity index (χ1) is 8.22. The second-order valence-electron chi connectivity index (χ2n) is 3.10. The highest BCUT2D eigenvalue weighted by Crippen LogP contribution is 2.19. The lowest BCUT2D eigenvalue weighted by Gasteiger charge is -2.10. The number of rotatable bonds is 5. The largest absolute Gasteiger partial charge is 0.490 e. The summed E-state index contributed by atoms with van der Waals surface area (Å²) >= 11 is 5.11. The van der Waals surface area contributed by atoms with Crippen molar-refractivity contribution in [3.05, 3.63) is 29.3 Å². The fraction of sp³-hybridized carbons (Fsp3) is 0.250. The first kappa shape index (κ1) is 13.4. The summed E-state index contributed by atoms with van der Waals surface area (Å²) in [4.78, 5) is 0.529. The third kappa shape index (κ3) is 3.70. The fourth-order valence-corrected chi connectivity index (χ4v) is 1.47. The smallest absolute Gasteiger partial charge is 0.135 e. The molecule has 0 aliphatic rings. The number of benzene rings is 1. The van der Waals surface area contributed by atoms with E-state index in [1.165, 1.54) is 0 Å². The lowest BCUT2D eigenvalue weighted by molar-refractivity contribution is 0.272. The third-order valence-corrected chi connectivity index (χ3v) is 2.31. The van der Waals surface area contributed by atoms with Crippen LogP contribution in [0, 0.1) is 12.3 Å². The molecule has 0 heterocycles. The lowest BCUT2D eigenvalue weighted by atomic mass is 10.1. The summed E-state index contributed by atoms with van der Waals surface area (Å²) in [6, 6.07) is 5.17. The van der Waals surface area contributed by atoms with Crippen LogP contribution in [-0.4, -0.2) is 25.3 Å². The monoisotopic (exact) mass is 252 g/mol. The molecule has 0 atom stereocenters. The lowest BCUT2D eigenvalue weighted by Crippen LogP contribution is -2.33. The summed E-state index contributed by atoms with van der Waals surface area (Å²) in [6.07, 6.45) is 5.36. The Kier molecular flexibility index (Phi) is 5.40. The van der Waals surface area contributed by atoms with E-state index in [0.29, 0.717) is 16.3 Å². The van der Waals surface area contributed by atoms with Gasteiger partial charge in [0, 0.05) is 12.6 Å². The number of hydrogen-bond acceptors (Lipinski definition) is 3. The van der Waals surface area contributed by atoms with E-state index in [9.17, 15) is 4.39 Å². The first-order valence-electron chi connectivity index (χ1n) is 4.99. The molecule has 0 amide bonds. The van der Waals surface area contributed by atoms with Crippen molar-refractivity contribution in [3.8, 4) is 18.1 Å². The van der Waals surface area contributed by atoms with Gasteiger partial charge < -0.3 is 10.2 Å². The van der Waals surface area contributed by atoms with Gasteiger partial charge in [-0.15, -0.1) is 6.42 Å². The van der Waals surface area contributed by atoms with Crippen LogP contribution in [0.4, 0.5) is 4.39 Å². The van der Waals surface area contributed by atoms with Gasteiger partial charge in [-0.2, -0.15) is 0 Å². The van der Waals surface area contributed by atoms with E-state index in [2.05, 4.69) is 16.8 Å². The van der Waals surface area contributed by atoms with E-state index in [1.54, 1.807) is 25.2 Å². The molecule has 0 saturated heterocycles. The Bertz CT molecular complexity index is 443. The predicted octanol–water partition coefficient (Wildman–Crippen LogP) is 1.42. The fourth-order valence-electron chi connectivity index (χ4n) is 1.24. The summed E-state index contributed by atoms with van der Waals surface area (Å²) in [5.41, 5.74) is 6.84. The van der Waals surface area contributed by atoms with Gasteiger partial charge in [0.15, 0.2) is 0 Å². The normalized spacial score (nSPS) is 9.47. The van der Waals surface area contributed by atoms with Gasteiger partial charge in [-0.1, -0.05) is 18.1 Å². The van der Waals surface area contributed by atoms with Crippen LogP contribution >= 0.6 is 12.2 Å². The summed E-state index contributed by atoms with van der Waals surface area (Å²) in [6.45, 7) is -0.557. The molecule has 2 N–H and O–H groups in total. The number of terminal acetylenes is 1. The summed E-state index contributed by atoms with van der Waals surface area (Å²) in [5.74, 6) is 2.97. The third-order valence-electron chi connectivity index (χ3n) is 1.97. The number of alkyl halides is 1. The number of ether oxygens (including phenoxy) is 1. The number of hydrazine groups is 1. The molecule has 3 nitrogen and oxygen atoms in total. The molecule has 0 fully saturated rings. The number of hydrogen-bond donors (Lipinski definition) is 2. The van der Waals surface area contributed by atoms with Gasteiger partial charge in [-0.05, 0) is 18.2 Å². The van der Waals surface area contributed by atoms with Crippen LogP contribution in [0.25, 0.3) is 0 Å². The maximum Gasteiger partial charge on any atom is 0.135 e. The van der Waals surface area contributed by atoms with Gasteiger partial charge in [0.1, 0.15) is 24.0 Å². The van der Waals surface area contributed by atoms with Crippen LogP contribution in [0.2, 0.25) is 0 Å². The van der Waals surface area contributed by atoms with Crippen LogP contribution in [0.1, 0.15) is 11.1 Å². The maximum absolute atomic E-state index is 12.0. The maximum atomic E-state index is 12.0. The van der Waals surface area contributed by atoms with Crippen molar-refractivity contribution in [3.63, 3.8) is 0 Å². The van der Waals surface area contributed by atoms with Crippen molar-refractivity contribution in [1.29, 1.82) is 0 Å². The summed E-state index contributed by atoms with van der Waals surface area (Å²) < 4.78 is 17.2. The highest BCUT2D eigenvalue weighted by Gasteiger charge is 2.06. The van der Waals surface area contributed by atoms with Gasteiger partial charge in [-0.3, -0.25) is 0 Å². The number of nitrogens with one attached hydrogen (secondary N) is 2. The molecule has 1 aromatic carbocycles. The molecule has 5 heteroatoms. The topological polar surface area (TPSA) is 33.3 Å². The van der Waals surface area contributed by atoms with Crippen LogP contribution < -0.4 is 15.6 Å². The molecular weight excluding hydrogens is 239 g/mol. The molecule has 0 aromatic heterocycles. The van der Waals surface area contributed by atoms with E-state index in [0.717, 1.165) is 5.56 Å². The van der Waals surface area contributed by atoms with Crippen LogP contribution in [0.5, 0.6) is 5.75 Å². The van der Waals surface area contributed by atoms with Gasteiger partial charge in [0.2, 0.25) is 0 Å². The standard InChI is InChI=1S/C12H13FN2OS/c1-3-9-8-10(12(17)15-14-2)4-5-11(9)16-7-6-13/h1,4-5,8,14H,6-7H2,2H3,(H,15,17). The minimum atomic E-state index is -0.550. The average Bonchev–Trinajstić information content (AvgIpc) is 2.36. The van der Waals surface area contributed by atoms with Crippen LogP contribution in [0.15, 0.2) is 18.2 Å². The summed E-state index contributed by atoms with van der Waals surface area (Å²) in [7, 11) is 1.72. The van der Waals surface area contributed by atoms with Crippen molar-refractivity contribution in [2.75, 3.05) is 20.3 Å². The van der Waals surface area contributed by atoms with Crippen LogP contribution in [-0.2, 0) is 0 Å². The second kappa shape index (κ2) is 6.84. The molecule has 1 aromatic rings.